The van der Waals surface area contributed by atoms with Crippen LogP contribution < -0.4 is 5.73 Å². The molecule has 1 aromatic carbocycles. The summed E-state index contributed by atoms with van der Waals surface area (Å²) in [4.78, 5) is 12.9. The molecule has 22 heavy (non-hydrogen) atoms. The number of aromatic nitrogens is 3. The molecule has 0 fully saturated rings. The number of rotatable bonds is 3. The van der Waals surface area contributed by atoms with Crippen molar-refractivity contribution in [1.29, 1.82) is 0 Å². The summed E-state index contributed by atoms with van der Waals surface area (Å²) in [5, 5.41) is 5.37. The van der Waals surface area contributed by atoms with E-state index in [1.807, 2.05) is 55.9 Å². The normalized spacial score (nSPS) is 11.3. The molecule has 5 heteroatoms. The van der Waals surface area contributed by atoms with E-state index < -0.39 is 0 Å². The highest BCUT2D eigenvalue weighted by molar-refractivity contribution is 6.07. The molecule has 0 radical (unpaired) electrons. The van der Waals surface area contributed by atoms with Crippen LogP contribution >= 0.6 is 0 Å². The lowest BCUT2D eigenvalue weighted by atomic mass is 10.1. The Bertz CT molecular complexity index is 857. The zero-order valence-electron chi connectivity index (χ0n) is 13.1. The lowest BCUT2D eigenvalue weighted by molar-refractivity contribution is 0.0944. The van der Waals surface area contributed by atoms with Gasteiger partial charge in [0, 0.05) is 29.8 Å². The van der Waals surface area contributed by atoms with Gasteiger partial charge in [-0.3, -0.25) is 4.79 Å². The van der Waals surface area contributed by atoms with Gasteiger partial charge in [0.25, 0.3) is 5.91 Å². The van der Waals surface area contributed by atoms with Gasteiger partial charge < -0.3 is 10.3 Å². The first-order chi connectivity index (χ1) is 10.5. The van der Waals surface area contributed by atoms with Crippen molar-refractivity contribution in [3.8, 4) is 0 Å². The van der Waals surface area contributed by atoms with Crippen LogP contribution in [-0.4, -0.2) is 26.8 Å². The average molecular weight is 296 g/mol. The maximum absolute atomic E-state index is 12.9. The van der Waals surface area contributed by atoms with Crippen LogP contribution in [0.3, 0.4) is 0 Å². The van der Waals surface area contributed by atoms with Crippen molar-refractivity contribution in [3.63, 3.8) is 0 Å². The molecule has 0 unspecified atom stereocenters. The third kappa shape index (κ3) is 2.14. The molecule has 5 nitrogen and oxygen atoms in total. The van der Waals surface area contributed by atoms with Crippen molar-refractivity contribution >= 4 is 16.8 Å². The second-order valence-corrected chi connectivity index (χ2v) is 5.57. The number of hydrogen-bond acceptors (Lipinski definition) is 3. The van der Waals surface area contributed by atoms with E-state index in [0.29, 0.717) is 12.1 Å². The Morgan fingerprint density at radius 3 is 2.77 bits per heavy atom. The molecule has 114 valence electrons. The topological polar surface area (TPSA) is 65.8 Å². The molecule has 0 saturated carbocycles. The summed E-state index contributed by atoms with van der Waals surface area (Å²) in [5.41, 5.74) is 10.2. The molecule has 3 aromatic rings. The van der Waals surface area contributed by atoms with E-state index in [1.54, 1.807) is 0 Å². The Morgan fingerprint density at radius 2 is 2.05 bits per heavy atom. The van der Waals surface area contributed by atoms with Crippen molar-refractivity contribution in [1.82, 2.24) is 14.3 Å². The Morgan fingerprint density at radius 1 is 1.27 bits per heavy atom. The lowest BCUT2D eigenvalue weighted by Gasteiger charge is -2.06. The molecule has 0 aliphatic rings. The van der Waals surface area contributed by atoms with Crippen molar-refractivity contribution in [2.45, 2.75) is 20.3 Å². The maximum atomic E-state index is 12.9. The highest BCUT2D eigenvalue weighted by atomic mass is 16.2. The first-order valence-corrected chi connectivity index (χ1v) is 7.38. The summed E-state index contributed by atoms with van der Waals surface area (Å²) in [6.07, 6.45) is 2.70. The van der Waals surface area contributed by atoms with Gasteiger partial charge in [0.2, 0.25) is 0 Å². The van der Waals surface area contributed by atoms with Gasteiger partial charge in [-0.25, -0.2) is 4.68 Å². The van der Waals surface area contributed by atoms with Crippen LogP contribution in [0.15, 0.2) is 30.5 Å². The SMILES string of the molecule is Cc1nn(C(=O)c2cccc3c2ccn3C)c(C)c1CCN. The maximum Gasteiger partial charge on any atom is 0.279 e. The summed E-state index contributed by atoms with van der Waals surface area (Å²) in [5.74, 6) is -0.0966. The van der Waals surface area contributed by atoms with Crippen LogP contribution in [0.2, 0.25) is 0 Å². The smallest absolute Gasteiger partial charge is 0.279 e. The summed E-state index contributed by atoms with van der Waals surface area (Å²) in [6.45, 7) is 4.40. The van der Waals surface area contributed by atoms with Crippen molar-refractivity contribution < 1.29 is 4.79 Å². The summed E-state index contributed by atoms with van der Waals surface area (Å²) in [7, 11) is 1.97. The minimum atomic E-state index is -0.0966. The van der Waals surface area contributed by atoms with Crippen LogP contribution in [-0.2, 0) is 13.5 Å². The average Bonchev–Trinajstić information content (AvgIpc) is 3.02. The number of nitrogens with zero attached hydrogens (tertiary/aromatic N) is 3. The Hall–Kier alpha value is -2.40. The van der Waals surface area contributed by atoms with E-state index in [9.17, 15) is 4.79 Å². The fourth-order valence-corrected chi connectivity index (χ4v) is 2.98. The van der Waals surface area contributed by atoms with Crippen LogP contribution in [0.1, 0.15) is 27.3 Å². The fraction of sp³-hybridized carbons (Fsp3) is 0.294. The standard InChI is InChI=1S/C17H20N4O/c1-11-13(7-9-18)12(2)21(19-11)17(22)15-5-4-6-16-14(15)8-10-20(16)3/h4-6,8,10H,7,9,18H2,1-3H3. The fourth-order valence-electron chi connectivity index (χ4n) is 2.98. The van der Waals surface area contributed by atoms with Gasteiger partial charge in [0.1, 0.15) is 0 Å². The van der Waals surface area contributed by atoms with Crippen molar-refractivity contribution in [2.24, 2.45) is 12.8 Å². The predicted octanol–water partition coefficient (Wildman–Crippen LogP) is 2.18. The summed E-state index contributed by atoms with van der Waals surface area (Å²) in [6, 6.07) is 7.73. The number of fused-ring (bicyclic) bond motifs is 1. The number of benzene rings is 1. The molecule has 2 N–H and O–H groups in total. The van der Waals surface area contributed by atoms with E-state index in [-0.39, 0.29) is 5.91 Å². The molecular formula is C17H20N4O. The van der Waals surface area contributed by atoms with Gasteiger partial charge >= 0.3 is 0 Å². The number of carbonyl (C=O) groups is 1. The molecule has 0 aliphatic heterocycles. The number of aryl methyl sites for hydroxylation is 2. The first-order valence-electron chi connectivity index (χ1n) is 7.38. The summed E-state index contributed by atoms with van der Waals surface area (Å²) < 4.78 is 3.51. The van der Waals surface area contributed by atoms with Crippen LogP contribution in [0, 0.1) is 13.8 Å². The van der Waals surface area contributed by atoms with E-state index in [4.69, 9.17) is 5.73 Å². The van der Waals surface area contributed by atoms with Gasteiger partial charge in [-0.05, 0) is 50.6 Å². The molecule has 0 saturated heterocycles. The monoisotopic (exact) mass is 296 g/mol. The molecule has 3 rings (SSSR count). The van der Waals surface area contributed by atoms with E-state index in [2.05, 4.69) is 5.10 Å². The van der Waals surface area contributed by atoms with E-state index in [0.717, 1.165) is 34.3 Å². The van der Waals surface area contributed by atoms with Gasteiger partial charge in [-0.2, -0.15) is 5.10 Å². The molecule has 0 spiro atoms. The van der Waals surface area contributed by atoms with Crippen LogP contribution in [0.4, 0.5) is 0 Å². The van der Waals surface area contributed by atoms with Crippen LogP contribution in [0.5, 0.6) is 0 Å². The van der Waals surface area contributed by atoms with E-state index >= 15 is 0 Å². The number of hydrogen-bond donors (Lipinski definition) is 1. The van der Waals surface area contributed by atoms with Gasteiger partial charge in [-0.1, -0.05) is 6.07 Å². The third-order valence-corrected chi connectivity index (χ3v) is 4.19. The minimum Gasteiger partial charge on any atom is -0.351 e. The number of carbonyl (C=O) groups excluding carboxylic acids is 1. The summed E-state index contributed by atoms with van der Waals surface area (Å²) >= 11 is 0. The predicted molar refractivity (Wildman–Crippen MR) is 87.1 cm³/mol. The van der Waals surface area contributed by atoms with Gasteiger partial charge in [-0.15, -0.1) is 0 Å². The second kappa shape index (κ2) is 5.42. The highest BCUT2D eigenvalue weighted by Crippen LogP contribution is 2.22. The van der Waals surface area contributed by atoms with Gasteiger partial charge in [0.15, 0.2) is 0 Å². The molecule has 2 aromatic heterocycles. The Balaban J connectivity index is 2.12. The minimum absolute atomic E-state index is 0.0966. The quantitative estimate of drug-likeness (QED) is 0.805. The van der Waals surface area contributed by atoms with Crippen LogP contribution in [0.25, 0.3) is 10.9 Å². The zero-order chi connectivity index (χ0) is 15.9. The highest BCUT2D eigenvalue weighted by Gasteiger charge is 2.19. The largest absolute Gasteiger partial charge is 0.351 e. The Labute approximate surface area is 129 Å². The van der Waals surface area contributed by atoms with Gasteiger partial charge in [0.05, 0.1) is 11.3 Å². The third-order valence-electron chi connectivity index (χ3n) is 4.19. The molecule has 2 heterocycles. The molecule has 0 aliphatic carbocycles. The lowest BCUT2D eigenvalue weighted by Crippen LogP contribution is -2.16. The molecular weight excluding hydrogens is 276 g/mol. The Kier molecular flexibility index (Phi) is 3.58. The number of nitrogens with two attached hydrogens (primary N) is 1. The second-order valence-electron chi connectivity index (χ2n) is 5.57. The molecule has 0 bridgehead atoms. The van der Waals surface area contributed by atoms with Crippen molar-refractivity contribution in [3.05, 3.63) is 53.0 Å². The van der Waals surface area contributed by atoms with E-state index in [1.165, 1.54) is 4.68 Å². The van der Waals surface area contributed by atoms with Crippen molar-refractivity contribution in [2.75, 3.05) is 6.54 Å². The first kappa shape index (κ1) is 14.5. The molecule has 0 atom stereocenters. The zero-order valence-corrected chi connectivity index (χ0v) is 13.1. The molecule has 0 amide bonds.